The molecule has 0 atom stereocenters. The zero-order chi connectivity index (χ0) is 9.14. The molecule has 1 rings (SSSR count). The molecule has 4 nitrogen and oxygen atoms in total. The van der Waals surface area contributed by atoms with Gasteiger partial charge in [-0.1, -0.05) is 15.9 Å². The summed E-state index contributed by atoms with van der Waals surface area (Å²) >= 11 is 2.97. The number of Topliss-reactive ketones (excluding diaryl/α,β-unsaturated/α-hetero) is 2. The van der Waals surface area contributed by atoms with E-state index in [4.69, 9.17) is 0 Å². The van der Waals surface area contributed by atoms with Gasteiger partial charge in [0.15, 0.2) is 11.6 Å². The summed E-state index contributed by atoms with van der Waals surface area (Å²) in [5.41, 5.74) is 0. The number of hydrogen-bond donors (Lipinski definition) is 0. The highest BCUT2D eigenvalue weighted by molar-refractivity contribution is 9.10. The molecule has 0 unspecified atom stereocenters. The van der Waals surface area contributed by atoms with Gasteiger partial charge in [0.1, 0.15) is 4.83 Å². The molecule has 0 saturated carbocycles. The molecule has 0 aliphatic carbocycles. The minimum atomic E-state index is -0.686. The Labute approximate surface area is 78.7 Å². The molecule has 12 heavy (non-hydrogen) atoms. The lowest BCUT2D eigenvalue weighted by Gasteiger charge is -2.24. The highest BCUT2D eigenvalue weighted by Gasteiger charge is 2.31. The molecule has 1 aliphatic rings. The summed E-state index contributed by atoms with van der Waals surface area (Å²) in [5.74, 6) is -0.409. The summed E-state index contributed by atoms with van der Waals surface area (Å²) in [4.78, 5) is 32.8. The van der Waals surface area contributed by atoms with Crippen LogP contribution in [0.1, 0.15) is 0 Å². The fourth-order valence-corrected chi connectivity index (χ4v) is 1.28. The zero-order valence-corrected chi connectivity index (χ0v) is 7.78. The van der Waals surface area contributed by atoms with Crippen molar-refractivity contribution in [3.05, 3.63) is 0 Å². The number of nitrogens with zero attached hydrogens (tertiary/aromatic N) is 1. The highest BCUT2D eigenvalue weighted by Crippen LogP contribution is 2.10. The molecule has 1 aliphatic heterocycles. The normalized spacial score (nSPS) is 21.1. The lowest BCUT2D eigenvalue weighted by atomic mass is 9.90. The van der Waals surface area contributed by atoms with Gasteiger partial charge in [0.05, 0.1) is 6.19 Å². The van der Waals surface area contributed by atoms with Gasteiger partial charge in [-0.15, -0.1) is 0 Å². The number of piperidine rings is 1. The van der Waals surface area contributed by atoms with E-state index in [-0.39, 0.29) is 24.7 Å². The Bertz CT molecular complexity index is 215. The van der Waals surface area contributed by atoms with E-state index in [0.717, 1.165) is 0 Å². The monoisotopic (exact) mass is 230 g/mol. The van der Waals surface area contributed by atoms with E-state index in [9.17, 15) is 14.4 Å². The van der Waals surface area contributed by atoms with E-state index in [2.05, 4.69) is 15.9 Å². The molecular formula is C6H6BBrNO3. The molecule has 1 heterocycles. The summed E-state index contributed by atoms with van der Waals surface area (Å²) in [5, 5.41) is 0. The number of halogens is 1. The van der Waals surface area contributed by atoms with Crippen molar-refractivity contribution in [1.29, 1.82) is 0 Å². The van der Waals surface area contributed by atoms with Crippen LogP contribution in [0, 0.1) is 0 Å². The maximum Gasteiger partial charge on any atom is 0.293 e. The van der Waals surface area contributed by atoms with Crippen LogP contribution in [-0.2, 0) is 14.4 Å². The van der Waals surface area contributed by atoms with Crippen LogP contribution in [0.5, 0.6) is 0 Å². The van der Waals surface area contributed by atoms with Crippen molar-refractivity contribution in [2.24, 2.45) is 0 Å². The number of rotatable bonds is 2. The first-order chi connectivity index (χ1) is 5.65. The lowest BCUT2D eigenvalue weighted by molar-refractivity contribution is -0.129. The molecule has 0 aromatic rings. The minimum absolute atomic E-state index is 0.125. The number of hydrogen-bond acceptors (Lipinski definition) is 4. The van der Waals surface area contributed by atoms with Crippen LogP contribution in [0.3, 0.4) is 0 Å². The molecular weight excluding hydrogens is 225 g/mol. The molecule has 0 N–H and O–H groups in total. The Kier molecular flexibility index (Phi) is 3.16. The zero-order valence-electron chi connectivity index (χ0n) is 6.20. The van der Waals surface area contributed by atoms with Crippen LogP contribution in [0.15, 0.2) is 0 Å². The van der Waals surface area contributed by atoms with Crippen molar-refractivity contribution < 1.29 is 14.4 Å². The fraction of sp³-hybridized carbons (Fsp3) is 0.500. The SMILES string of the molecule is O=C[B]N1CC(=O)C(Br)C(=O)C1. The Morgan fingerprint density at radius 2 is 1.92 bits per heavy atom. The predicted octanol–water partition coefficient (Wildman–Crippen LogP) is -0.987. The maximum absolute atomic E-state index is 11.0. The molecule has 63 valence electrons. The largest absolute Gasteiger partial charge is 0.327 e. The van der Waals surface area contributed by atoms with E-state index >= 15 is 0 Å². The molecule has 6 heteroatoms. The lowest BCUT2D eigenvalue weighted by Crippen LogP contribution is -2.49. The number of carbonyl (C=O) groups excluding carboxylic acids is 3. The van der Waals surface area contributed by atoms with Gasteiger partial charge < -0.3 is 9.61 Å². The third-order valence-corrected chi connectivity index (χ3v) is 2.58. The van der Waals surface area contributed by atoms with Gasteiger partial charge in [0, 0.05) is 13.1 Å². The van der Waals surface area contributed by atoms with Crippen LogP contribution >= 0.6 is 15.9 Å². The minimum Gasteiger partial charge on any atom is -0.327 e. The second-order valence-corrected chi connectivity index (χ2v) is 3.40. The van der Waals surface area contributed by atoms with Gasteiger partial charge in [-0.05, 0) is 0 Å². The second kappa shape index (κ2) is 3.95. The number of alkyl halides is 1. The summed E-state index contributed by atoms with van der Waals surface area (Å²) < 4.78 is 0. The number of ketones is 2. The average molecular weight is 231 g/mol. The van der Waals surface area contributed by atoms with Crippen LogP contribution in [0.4, 0.5) is 0 Å². The standard InChI is InChI=1S/C6H6BBrNO3/c8-6-4(11)1-9(7-3-10)2-5(6)12/h3,6H,1-2H2. The van der Waals surface area contributed by atoms with E-state index < -0.39 is 4.83 Å². The third kappa shape index (κ3) is 2.01. The molecule has 0 aromatic carbocycles. The van der Waals surface area contributed by atoms with Crippen LogP contribution < -0.4 is 0 Å². The van der Waals surface area contributed by atoms with Gasteiger partial charge in [0.2, 0.25) is 0 Å². The van der Waals surface area contributed by atoms with Gasteiger partial charge in [-0.25, -0.2) is 0 Å². The summed E-state index contributed by atoms with van der Waals surface area (Å²) in [6.07, 6.45) is 0.565. The molecule has 1 radical (unpaired) electrons. The molecule has 1 saturated heterocycles. The predicted molar refractivity (Wildman–Crippen MR) is 46.8 cm³/mol. The first kappa shape index (κ1) is 9.60. The molecule has 0 amide bonds. The Morgan fingerprint density at radius 3 is 2.33 bits per heavy atom. The summed E-state index contributed by atoms with van der Waals surface area (Å²) in [6, 6.07) is 0. The van der Waals surface area contributed by atoms with Gasteiger partial charge in [0.25, 0.3) is 7.41 Å². The van der Waals surface area contributed by atoms with Crippen molar-refractivity contribution in [3.8, 4) is 0 Å². The Hall–Kier alpha value is -0.485. The van der Waals surface area contributed by atoms with Crippen molar-refractivity contribution >= 4 is 41.1 Å². The van der Waals surface area contributed by atoms with Crippen molar-refractivity contribution in [2.75, 3.05) is 13.1 Å². The second-order valence-electron chi connectivity index (χ2n) is 2.49. The van der Waals surface area contributed by atoms with Crippen molar-refractivity contribution in [1.82, 2.24) is 4.81 Å². The van der Waals surface area contributed by atoms with Gasteiger partial charge >= 0.3 is 0 Å². The average Bonchev–Trinajstić information content (AvgIpc) is 2.01. The first-order valence-electron chi connectivity index (χ1n) is 3.37. The third-order valence-electron chi connectivity index (χ3n) is 1.55. The summed E-state index contributed by atoms with van der Waals surface area (Å²) in [7, 11) is 1.20. The quantitative estimate of drug-likeness (QED) is 0.265. The van der Waals surface area contributed by atoms with E-state index in [0.29, 0.717) is 6.19 Å². The molecule has 1 fully saturated rings. The van der Waals surface area contributed by atoms with Crippen molar-refractivity contribution in [3.63, 3.8) is 0 Å². The Balaban J connectivity index is 2.59. The van der Waals surface area contributed by atoms with Crippen LogP contribution in [-0.4, -0.2) is 47.9 Å². The molecule has 0 spiro atoms. The van der Waals surface area contributed by atoms with E-state index in [1.807, 2.05) is 0 Å². The first-order valence-corrected chi connectivity index (χ1v) is 4.29. The van der Waals surface area contributed by atoms with Gasteiger partial charge in [-0.3, -0.25) is 9.59 Å². The van der Waals surface area contributed by atoms with Crippen LogP contribution in [0.25, 0.3) is 0 Å². The number of carbonyl (C=O) groups is 3. The molecule has 0 aromatic heterocycles. The van der Waals surface area contributed by atoms with Crippen molar-refractivity contribution in [2.45, 2.75) is 4.83 Å². The smallest absolute Gasteiger partial charge is 0.293 e. The highest BCUT2D eigenvalue weighted by atomic mass is 79.9. The maximum atomic E-state index is 11.0. The fourth-order valence-electron chi connectivity index (χ4n) is 0.988. The molecule has 0 bridgehead atoms. The Morgan fingerprint density at radius 1 is 1.42 bits per heavy atom. The van der Waals surface area contributed by atoms with Crippen LogP contribution in [0.2, 0.25) is 0 Å². The van der Waals surface area contributed by atoms with Gasteiger partial charge in [-0.2, -0.15) is 0 Å². The van der Waals surface area contributed by atoms with E-state index in [1.165, 1.54) is 12.2 Å². The topological polar surface area (TPSA) is 54.5 Å². The summed E-state index contributed by atoms with van der Waals surface area (Å²) in [6.45, 7) is 0.251. The van der Waals surface area contributed by atoms with E-state index in [1.54, 1.807) is 0 Å².